The van der Waals surface area contributed by atoms with Gasteiger partial charge < -0.3 is 10.4 Å². The fourth-order valence-corrected chi connectivity index (χ4v) is 2.09. The fourth-order valence-electron chi connectivity index (χ4n) is 1.64. The van der Waals surface area contributed by atoms with Gasteiger partial charge in [0, 0.05) is 11.0 Å². The van der Waals surface area contributed by atoms with Gasteiger partial charge in [-0.1, -0.05) is 48.3 Å². The van der Waals surface area contributed by atoms with Crippen molar-refractivity contribution in [1.29, 1.82) is 0 Å². The molecule has 94 valence electrons. The van der Waals surface area contributed by atoms with E-state index in [1.807, 2.05) is 38.1 Å². The molecule has 0 bridgehead atoms. The second-order valence-electron chi connectivity index (χ2n) is 4.21. The summed E-state index contributed by atoms with van der Waals surface area (Å²) in [6.45, 7) is 4.52. The lowest BCUT2D eigenvalue weighted by Crippen LogP contribution is -2.41. The minimum Gasteiger partial charge on any atom is -0.480 e. The van der Waals surface area contributed by atoms with Gasteiger partial charge >= 0.3 is 5.97 Å². The summed E-state index contributed by atoms with van der Waals surface area (Å²) in [5.41, 5.74) is 1.08. The van der Waals surface area contributed by atoms with Crippen LogP contribution in [-0.2, 0) is 11.3 Å². The third-order valence-corrected chi connectivity index (χ3v) is 3.39. The van der Waals surface area contributed by atoms with E-state index < -0.39 is 12.0 Å². The maximum Gasteiger partial charge on any atom is 0.320 e. The number of nitrogens with one attached hydrogen (secondary N) is 1. The Morgan fingerprint density at radius 1 is 1.53 bits per heavy atom. The number of halogens is 1. The third-order valence-electron chi connectivity index (χ3n) is 2.89. The molecule has 0 unspecified atom stereocenters. The number of benzene rings is 1. The van der Waals surface area contributed by atoms with Gasteiger partial charge in [-0.3, -0.25) is 4.79 Å². The summed E-state index contributed by atoms with van der Waals surface area (Å²) in [7, 11) is 0. The highest BCUT2D eigenvalue weighted by atomic mass is 79.9. The molecule has 0 fully saturated rings. The van der Waals surface area contributed by atoms with E-state index in [-0.39, 0.29) is 5.92 Å². The standard InChI is InChI=1S/C13H18BrNO2/c1-3-9(2)12(13(16)17)15-8-10-5-4-6-11(14)7-10/h4-7,9,12,15H,3,8H2,1-2H3,(H,16,17)/t9-,12+/m1/s1. The van der Waals surface area contributed by atoms with Gasteiger partial charge in [0.25, 0.3) is 0 Å². The van der Waals surface area contributed by atoms with Crippen molar-refractivity contribution in [2.75, 3.05) is 0 Å². The van der Waals surface area contributed by atoms with E-state index in [0.717, 1.165) is 16.5 Å². The van der Waals surface area contributed by atoms with E-state index in [1.54, 1.807) is 0 Å². The lowest BCUT2D eigenvalue weighted by atomic mass is 9.99. The Bertz CT molecular complexity index is 381. The van der Waals surface area contributed by atoms with Crippen molar-refractivity contribution in [1.82, 2.24) is 5.32 Å². The molecule has 0 spiro atoms. The molecular formula is C13H18BrNO2. The van der Waals surface area contributed by atoms with Crippen LogP contribution in [0.5, 0.6) is 0 Å². The quantitative estimate of drug-likeness (QED) is 0.849. The average Bonchev–Trinajstić information content (AvgIpc) is 2.28. The van der Waals surface area contributed by atoms with Gasteiger partial charge in [-0.25, -0.2) is 0 Å². The summed E-state index contributed by atoms with van der Waals surface area (Å²) >= 11 is 3.40. The van der Waals surface area contributed by atoms with Crippen LogP contribution in [0.25, 0.3) is 0 Å². The van der Waals surface area contributed by atoms with Crippen molar-refractivity contribution in [3.8, 4) is 0 Å². The van der Waals surface area contributed by atoms with Gasteiger partial charge in [-0.2, -0.15) is 0 Å². The lowest BCUT2D eigenvalue weighted by molar-refractivity contribution is -0.140. The molecule has 2 N–H and O–H groups in total. The number of hydrogen-bond donors (Lipinski definition) is 2. The molecule has 0 aromatic heterocycles. The van der Waals surface area contributed by atoms with Crippen molar-refractivity contribution in [2.24, 2.45) is 5.92 Å². The zero-order valence-corrected chi connectivity index (χ0v) is 11.7. The highest BCUT2D eigenvalue weighted by Crippen LogP contribution is 2.13. The van der Waals surface area contributed by atoms with Crippen molar-refractivity contribution < 1.29 is 9.90 Å². The Hall–Kier alpha value is -0.870. The van der Waals surface area contributed by atoms with Crippen LogP contribution in [0.15, 0.2) is 28.7 Å². The fraction of sp³-hybridized carbons (Fsp3) is 0.462. The Kier molecular flexibility index (Phi) is 5.65. The number of carboxylic acid groups (broad SMARTS) is 1. The van der Waals surface area contributed by atoms with Crippen LogP contribution in [0.3, 0.4) is 0 Å². The lowest BCUT2D eigenvalue weighted by Gasteiger charge is -2.20. The first-order chi connectivity index (χ1) is 8.04. The molecule has 1 aromatic carbocycles. The van der Waals surface area contributed by atoms with Crippen LogP contribution >= 0.6 is 15.9 Å². The molecule has 0 aliphatic carbocycles. The van der Waals surface area contributed by atoms with Crippen molar-refractivity contribution in [3.63, 3.8) is 0 Å². The summed E-state index contributed by atoms with van der Waals surface area (Å²) in [6, 6.07) is 7.38. The number of rotatable bonds is 6. The van der Waals surface area contributed by atoms with E-state index in [9.17, 15) is 4.79 Å². The van der Waals surface area contributed by atoms with Crippen LogP contribution in [-0.4, -0.2) is 17.1 Å². The molecule has 0 radical (unpaired) electrons. The highest BCUT2D eigenvalue weighted by Gasteiger charge is 2.22. The van der Waals surface area contributed by atoms with Crippen LogP contribution in [0.1, 0.15) is 25.8 Å². The molecule has 4 heteroatoms. The Balaban J connectivity index is 2.61. The zero-order valence-electron chi connectivity index (χ0n) is 10.1. The smallest absolute Gasteiger partial charge is 0.320 e. The van der Waals surface area contributed by atoms with Crippen molar-refractivity contribution >= 4 is 21.9 Å². The van der Waals surface area contributed by atoms with Gasteiger partial charge in [0.1, 0.15) is 6.04 Å². The maximum absolute atomic E-state index is 11.1. The van der Waals surface area contributed by atoms with Crippen LogP contribution in [0.4, 0.5) is 0 Å². The predicted octanol–water partition coefficient (Wildman–Crippen LogP) is 3.04. The molecule has 1 rings (SSSR count). The van der Waals surface area contributed by atoms with E-state index >= 15 is 0 Å². The zero-order chi connectivity index (χ0) is 12.8. The van der Waals surface area contributed by atoms with Gasteiger partial charge in [0.2, 0.25) is 0 Å². The second-order valence-corrected chi connectivity index (χ2v) is 5.13. The summed E-state index contributed by atoms with van der Waals surface area (Å²) in [4.78, 5) is 11.1. The van der Waals surface area contributed by atoms with Crippen LogP contribution < -0.4 is 5.32 Å². The average molecular weight is 300 g/mol. The van der Waals surface area contributed by atoms with Crippen LogP contribution in [0.2, 0.25) is 0 Å². The van der Waals surface area contributed by atoms with Gasteiger partial charge in [-0.15, -0.1) is 0 Å². The second kappa shape index (κ2) is 6.77. The molecule has 0 amide bonds. The molecular weight excluding hydrogens is 282 g/mol. The van der Waals surface area contributed by atoms with E-state index in [0.29, 0.717) is 6.54 Å². The van der Waals surface area contributed by atoms with Gasteiger partial charge in [-0.05, 0) is 23.6 Å². The van der Waals surface area contributed by atoms with Crippen molar-refractivity contribution in [3.05, 3.63) is 34.3 Å². The summed E-state index contributed by atoms with van der Waals surface area (Å²) < 4.78 is 1.01. The molecule has 0 heterocycles. The number of hydrogen-bond acceptors (Lipinski definition) is 2. The SMILES string of the molecule is CC[C@@H](C)[C@H](NCc1cccc(Br)c1)C(=O)O. The van der Waals surface area contributed by atoms with Crippen LogP contribution in [0, 0.1) is 5.92 Å². The van der Waals surface area contributed by atoms with E-state index in [2.05, 4.69) is 21.2 Å². The van der Waals surface area contributed by atoms with E-state index in [4.69, 9.17) is 5.11 Å². The Morgan fingerprint density at radius 3 is 2.76 bits per heavy atom. The van der Waals surface area contributed by atoms with Crippen molar-refractivity contribution in [2.45, 2.75) is 32.9 Å². The third kappa shape index (κ3) is 4.48. The molecule has 0 saturated carbocycles. The topological polar surface area (TPSA) is 49.3 Å². The minimum atomic E-state index is -0.783. The molecule has 1 aromatic rings. The first kappa shape index (κ1) is 14.2. The predicted molar refractivity (Wildman–Crippen MR) is 71.9 cm³/mol. The normalized spacial score (nSPS) is 14.3. The minimum absolute atomic E-state index is 0.125. The number of aliphatic carboxylic acids is 1. The summed E-state index contributed by atoms with van der Waals surface area (Å²) in [5, 5.41) is 12.2. The number of carboxylic acids is 1. The molecule has 17 heavy (non-hydrogen) atoms. The van der Waals surface area contributed by atoms with E-state index in [1.165, 1.54) is 0 Å². The van der Waals surface area contributed by atoms with Gasteiger partial charge in [0.15, 0.2) is 0 Å². The number of carbonyl (C=O) groups is 1. The molecule has 0 aliphatic heterocycles. The molecule has 2 atom stereocenters. The first-order valence-corrected chi connectivity index (χ1v) is 6.54. The highest BCUT2D eigenvalue weighted by molar-refractivity contribution is 9.10. The largest absolute Gasteiger partial charge is 0.480 e. The Morgan fingerprint density at radius 2 is 2.24 bits per heavy atom. The summed E-state index contributed by atoms with van der Waals surface area (Å²) in [6.07, 6.45) is 0.850. The molecule has 0 aliphatic rings. The molecule has 3 nitrogen and oxygen atoms in total. The maximum atomic E-state index is 11.1. The first-order valence-electron chi connectivity index (χ1n) is 5.75. The molecule has 0 saturated heterocycles. The Labute approximate surface area is 110 Å². The monoisotopic (exact) mass is 299 g/mol. The van der Waals surface area contributed by atoms with Gasteiger partial charge in [0.05, 0.1) is 0 Å². The summed E-state index contributed by atoms with van der Waals surface area (Å²) in [5.74, 6) is -0.658.